The highest BCUT2D eigenvalue weighted by Crippen LogP contribution is 2.17. The second-order valence-corrected chi connectivity index (χ2v) is 21.4. The first-order valence-corrected chi connectivity index (χ1v) is 31.2. The van der Waals surface area contributed by atoms with Gasteiger partial charge < -0.3 is 20.3 Å². The molecule has 1 amide bonds. The average Bonchev–Trinajstić information content (AvgIpc) is 3.36. The summed E-state index contributed by atoms with van der Waals surface area (Å²) in [7, 11) is 0. The molecular formula is C64H121NO5. The maximum Gasteiger partial charge on any atom is 0.305 e. The Bertz CT molecular complexity index is 1130. The maximum atomic E-state index is 12.5. The van der Waals surface area contributed by atoms with Crippen molar-refractivity contribution in [2.75, 3.05) is 13.2 Å². The molecule has 6 heteroatoms. The molecule has 0 saturated carbocycles. The van der Waals surface area contributed by atoms with E-state index in [0.29, 0.717) is 25.9 Å². The van der Waals surface area contributed by atoms with Crippen molar-refractivity contribution >= 4 is 11.9 Å². The predicted octanol–water partition coefficient (Wildman–Crippen LogP) is 19.6. The number of ether oxygens (including phenoxy) is 1. The average molecular weight is 985 g/mol. The first-order chi connectivity index (χ1) is 34.5. The van der Waals surface area contributed by atoms with Crippen molar-refractivity contribution in [3.63, 3.8) is 0 Å². The fourth-order valence-electron chi connectivity index (χ4n) is 9.61. The number of aliphatic hydroxyl groups excluding tert-OH is 2. The van der Waals surface area contributed by atoms with Gasteiger partial charge in [-0.1, -0.05) is 275 Å². The molecule has 0 aromatic rings. The quantitative estimate of drug-likeness (QED) is 0.0321. The van der Waals surface area contributed by atoms with Crippen molar-refractivity contribution in [3.05, 3.63) is 36.5 Å². The van der Waals surface area contributed by atoms with Crippen LogP contribution in [-0.2, 0) is 14.3 Å². The zero-order chi connectivity index (χ0) is 50.7. The van der Waals surface area contributed by atoms with Crippen molar-refractivity contribution in [3.8, 4) is 0 Å². The van der Waals surface area contributed by atoms with Crippen LogP contribution in [0.5, 0.6) is 0 Å². The van der Waals surface area contributed by atoms with Gasteiger partial charge in [0.25, 0.3) is 0 Å². The van der Waals surface area contributed by atoms with Gasteiger partial charge in [0.2, 0.25) is 5.91 Å². The number of hydrogen-bond donors (Lipinski definition) is 3. The van der Waals surface area contributed by atoms with Crippen LogP contribution in [0.25, 0.3) is 0 Å². The van der Waals surface area contributed by atoms with Crippen LogP contribution in [0.15, 0.2) is 36.5 Å². The number of esters is 1. The van der Waals surface area contributed by atoms with Crippen molar-refractivity contribution in [1.82, 2.24) is 5.32 Å². The summed E-state index contributed by atoms with van der Waals surface area (Å²) in [6.07, 6.45) is 74.4. The molecule has 3 N–H and O–H groups in total. The van der Waals surface area contributed by atoms with E-state index in [4.69, 9.17) is 4.74 Å². The fourth-order valence-corrected chi connectivity index (χ4v) is 9.61. The number of carbonyl (C=O) groups is 2. The van der Waals surface area contributed by atoms with E-state index in [0.717, 1.165) is 51.4 Å². The van der Waals surface area contributed by atoms with Crippen LogP contribution in [0.1, 0.15) is 335 Å². The van der Waals surface area contributed by atoms with Crippen LogP contribution < -0.4 is 5.32 Å². The molecule has 0 heterocycles. The summed E-state index contributed by atoms with van der Waals surface area (Å²) in [6, 6.07) is -0.546. The number of nitrogens with one attached hydrogen (secondary N) is 1. The Morgan fingerprint density at radius 3 is 1.13 bits per heavy atom. The van der Waals surface area contributed by atoms with Crippen LogP contribution in [-0.4, -0.2) is 47.4 Å². The van der Waals surface area contributed by atoms with Crippen LogP contribution in [0.2, 0.25) is 0 Å². The first kappa shape index (κ1) is 68.1. The highest BCUT2D eigenvalue weighted by Gasteiger charge is 2.20. The van der Waals surface area contributed by atoms with E-state index in [2.05, 4.69) is 55.6 Å². The number of allylic oxidation sites excluding steroid dienone is 6. The zero-order valence-corrected chi connectivity index (χ0v) is 47.0. The van der Waals surface area contributed by atoms with E-state index in [9.17, 15) is 19.8 Å². The lowest BCUT2D eigenvalue weighted by Gasteiger charge is -2.22. The molecule has 0 fully saturated rings. The van der Waals surface area contributed by atoms with Crippen molar-refractivity contribution < 1.29 is 24.5 Å². The summed E-state index contributed by atoms with van der Waals surface area (Å²) in [5.74, 6) is -0.0425. The molecule has 0 aliphatic heterocycles. The Hall–Kier alpha value is -1.92. The number of carbonyl (C=O) groups excluding carboxylic acids is 2. The standard InChI is InChI=1S/C64H121NO5/c1-3-5-7-9-11-13-15-17-28-32-36-40-44-48-52-56-62(67)61(60-66)65-63(68)57-53-49-45-41-37-33-30-26-24-22-20-19-21-23-25-27-31-35-39-43-47-51-55-59-70-64(69)58-54-50-46-42-38-34-29-18-16-14-12-10-8-6-4-2/h12,14,18,22,24,29,61-62,66-67H,3-11,13,15-17,19-21,23,25-28,30-60H2,1-2H3,(H,65,68)/b14-12-,24-22-,29-18-. The second-order valence-electron chi connectivity index (χ2n) is 21.4. The molecule has 0 aliphatic rings. The van der Waals surface area contributed by atoms with Gasteiger partial charge in [-0.2, -0.15) is 0 Å². The molecule has 0 aromatic carbocycles. The van der Waals surface area contributed by atoms with Gasteiger partial charge in [0, 0.05) is 12.8 Å². The number of amides is 1. The van der Waals surface area contributed by atoms with Crippen LogP contribution in [0.3, 0.4) is 0 Å². The molecule has 0 aliphatic carbocycles. The van der Waals surface area contributed by atoms with Crippen LogP contribution in [0.4, 0.5) is 0 Å². The van der Waals surface area contributed by atoms with Gasteiger partial charge in [0.15, 0.2) is 0 Å². The molecule has 6 nitrogen and oxygen atoms in total. The molecule has 70 heavy (non-hydrogen) atoms. The number of aliphatic hydroxyl groups is 2. The summed E-state index contributed by atoms with van der Waals surface area (Å²) in [4.78, 5) is 24.5. The Kier molecular flexibility index (Phi) is 58.0. The minimum absolute atomic E-state index is 0.00244. The molecular weight excluding hydrogens is 863 g/mol. The summed E-state index contributed by atoms with van der Waals surface area (Å²) < 4.78 is 5.48. The largest absolute Gasteiger partial charge is 0.466 e. The molecule has 0 saturated heterocycles. The second kappa shape index (κ2) is 59.6. The van der Waals surface area contributed by atoms with E-state index < -0.39 is 12.1 Å². The number of hydrogen-bond acceptors (Lipinski definition) is 5. The molecule has 0 bridgehead atoms. The lowest BCUT2D eigenvalue weighted by molar-refractivity contribution is -0.143. The molecule has 0 radical (unpaired) electrons. The predicted molar refractivity (Wildman–Crippen MR) is 306 cm³/mol. The normalized spacial score (nSPS) is 12.8. The van der Waals surface area contributed by atoms with Crippen LogP contribution in [0, 0.1) is 0 Å². The monoisotopic (exact) mass is 984 g/mol. The number of unbranched alkanes of at least 4 members (excludes halogenated alkanes) is 41. The first-order valence-electron chi connectivity index (χ1n) is 31.2. The van der Waals surface area contributed by atoms with Gasteiger partial charge in [0.05, 0.1) is 25.4 Å². The van der Waals surface area contributed by atoms with Crippen LogP contribution >= 0.6 is 0 Å². The van der Waals surface area contributed by atoms with Crippen molar-refractivity contribution in [2.45, 2.75) is 347 Å². The Morgan fingerprint density at radius 2 is 0.714 bits per heavy atom. The molecule has 2 unspecified atom stereocenters. The van der Waals surface area contributed by atoms with E-state index >= 15 is 0 Å². The van der Waals surface area contributed by atoms with Crippen molar-refractivity contribution in [2.24, 2.45) is 0 Å². The van der Waals surface area contributed by atoms with E-state index in [1.807, 2.05) is 0 Å². The fraction of sp³-hybridized carbons (Fsp3) is 0.875. The zero-order valence-electron chi connectivity index (χ0n) is 47.0. The maximum absolute atomic E-state index is 12.5. The minimum Gasteiger partial charge on any atom is -0.466 e. The summed E-state index contributed by atoms with van der Waals surface area (Å²) >= 11 is 0. The highest BCUT2D eigenvalue weighted by molar-refractivity contribution is 5.76. The summed E-state index contributed by atoms with van der Waals surface area (Å²) in [6.45, 7) is 4.93. The lowest BCUT2D eigenvalue weighted by atomic mass is 10.0. The van der Waals surface area contributed by atoms with Gasteiger partial charge >= 0.3 is 5.97 Å². The van der Waals surface area contributed by atoms with E-state index in [1.165, 1.54) is 250 Å². The molecule has 412 valence electrons. The van der Waals surface area contributed by atoms with Gasteiger partial charge in [-0.05, 0) is 83.5 Å². The summed E-state index contributed by atoms with van der Waals surface area (Å²) in [5.41, 5.74) is 0. The van der Waals surface area contributed by atoms with E-state index in [-0.39, 0.29) is 18.5 Å². The smallest absolute Gasteiger partial charge is 0.305 e. The Balaban J connectivity index is 3.41. The Morgan fingerprint density at radius 1 is 0.400 bits per heavy atom. The molecule has 0 aromatic heterocycles. The minimum atomic E-state index is -0.668. The molecule has 2 atom stereocenters. The topological polar surface area (TPSA) is 95.9 Å². The third kappa shape index (κ3) is 55.4. The highest BCUT2D eigenvalue weighted by atomic mass is 16.5. The van der Waals surface area contributed by atoms with Gasteiger partial charge in [-0.3, -0.25) is 9.59 Å². The van der Waals surface area contributed by atoms with Gasteiger partial charge in [-0.25, -0.2) is 0 Å². The lowest BCUT2D eigenvalue weighted by Crippen LogP contribution is -2.45. The van der Waals surface area contributed by atoms with Gasteiger partial charge in [0.1, 0.15) is 0 Å². The van der Waals surface area contributed by atoms with E-state index in [1.54, 1.807) is 0 Å². The SMILES string of the molecule is CCCCC/C=C\C/C=C\CCCCCCCC(=O)OCCCCCCCCCCCCCC/C=C\CCCCCCCCCC(=O)NC(CO)C(O)CCCCCCCCCCCCCCCCC. The third-order valence-corrected chi connectivity index (χ3v) is 14.4. The third-order valence-electron chi connectivity index (χ3n) is 14.4. The van der Waals surface area contributed by atoms with Crippen molar-refractivity contribution in [1.29, 1.82) is 0 Å². The Labute approximate surface area is 436 Å². The molecule has 0 spiro atoms. The molecule has 0 rings (SSSR count). The number of rotatable bonds is 58. The summed E-state index contributed by atoms with van der Waals surface area (Å²) in [5, 5.41) is 23.3. The van der Waals surface area contributed by atoms with Gasteiger partial charge in [-0.15, -0.1) is 0 Å².